The molecule has 0 N–H and O–H groups in total. The molecule has 252 valence electrons. The van der Waals surface area contributed by atoms with E-state index in [4.69, 9.17) is 9.97 Å². The van der Waals surface area contributed by atoms with Crippen molar-refractivity contribution in [3.8, 4) is 39.5 Å². The van der Waals surface area contributed by atoms with Gasteiger partial charge >= 0.3 is 0 Å². The number of hydrogen-bond acceptors (Lipinski definition) is 2. The van der Waals surface area contributed by atoms with E-state index in [2.05, 4.69) is 182 Å². The van der Waals surface area contributed by atoms with Crippen LogP contribution in [-0.2, 0) is 5.41 Å². The lowest BCUT2D eigenvalue weighted by molar-refractivity contribution is 0.794. The van der Waals surface area contributed by atoms with E-state index in [0.29, 0.717) is 5.95 Å². The van der Waals surface area contributed by atoms with Crippen molar-refractivity contribution in [2.45, 2.75) is 19.3 Å². The van der Waals surface area contributed by atoms with Gasteiger partial charge < -0.3 is 0 Å². The largest absolute Gasteiger partial charge is 0.277 e. The second kappa shape index (κ2) is 10.6. The number of nitrogens with zero attached hydrogens (tertiary/aromatic N) is 3. The first-order chi connectivity index (χ1) is 26.6. The minimum atomic E-state index is -0.567. The summed E-state index contributed by atoms with van der Waals surface area (Å²) in [6.45, 7) is 4.45. The van der Waals surface area contributed by atoms with Gasteiger partial charge in [-0.25, -0.2) is 9.97 Å². The molecule has 2 aliphatic carbocycles. The highest BCUT2D eigenvalue weighted by atomic mass is 15.2. The predicted octanol–water partition coefficient (Wildman–Crippen LogP) is 12.5. The zero-order valence-electron chi connectivity index (χ0n) is 29.9. The van der Waals surface area contributed by atoms with Gasteiger partial charge in [0.15, 0.2) is 0 Å². The normalized spacial score (nSPS) is 13.5. The average molecular weight is 688 g/mol. The Bertz CT molecular complexity index is 3190. The van der Waals surface area contributed by atoms with E-state index in [1.165, 1.54) is 77.2 Å². The highest BCUT2D eigenvalue weighted by molar-refractivity contribution is 6.27. The summed E-state index contributed by atoms with van der Waals surface area (Å²) in [6, 6.07) is 60.1. The minimum absolute atomic E-state index is 0.567. The molecule has 0 unspecified atom stereocenters. The molecule has 3 nitrogen and oxygen atoms in total. The summed E-state index contributed by atoms with van der Waals surface area (Å²) in [4.78, 5) is 11.0. The first-order valence-corrected chi connectivity index (χ1v) is 18.8. The Hall–Kier alpha value is -6.84. The minimum Gasteiger partial charge on any atom is -0.277 e. The predicted molar refractivity (Wildman–Crippen MR) is 223 cm³/mol. The van der Waals surface area contributed by atoms with Crippen molar-refractivity contribution in [1.82, 2.24) is 14.5 Å². The Morgan fingerprint density at radius 1 is 0.481 bits per heavy atom. The van der Waals surface area contributed by atoms with Gasteiger partial charge in [-0.2, -0.15) is 0 Å². The molecule has 0 saturated heterocycles. The molecule has 54 heavy (non-hydrogen) atoms. The van der Waals surface area contributed by atoms with Gasteiger partial charge in [0.1, 0.15) is 0 Å². The SMILES string of the molecule is Cc1ccc2c(c1)C1(c3cc(C)ccc3-2)c2ccccc2-c2c1c1c(c3ccccc23)c2ccccc2n1-c1nc(-c2ccccc2)c2ccccc2n1. The van der Waals surface area contributed by atoms with Gasteiger partial charge in [-0.15, -0.1) is 0 Å². The second-order valence-corrected chi connectivity index (χ2v) is 15.0. The van der Waals surface area contributed by atoms with Gasteiger partial charge in [0.05, 0.1) is 27.7 Å². The highest BCUT2D eigenvalue weighted by Crippen LogP contribution is 2.66. The highest BCUT2D eigenvalue weighted by Gasteiger charge is 2.54. The number of benzene rings is 8. The third-order valence-corrected chi connectivity index (χ3v) is 12.1. The number of rotatable bonds is 2. The lowest BCUT2D eigenvalue weighted by atomic mass is 9.69. The van der Waals surface area contributed by atoms with Crippen molar-refractivity contribution < 1.29 is 0 Å². The number of para-hydroxylation sites is 2. The summed E-state index contributed by atoms with van der Waals surface area (Å²) >= 11 is 0. The van der Waals surface area contributed by atoms with Crippen LogP contribution in [0.25, 0.3) is 82.9 Å². The summed E-state index contributed by atoms with van der Waals surface area (Å²) < 4.78 is 2.39. The molecule has 8 aromatic carbocycles. The maximum absolute atomic E-state index is 5.55. The van der Waals surface area contributed by atoms with Crippen molar-refractivity contribution in [3.05, 3.63) is 197 Å². The molecule has 0 aliphatic heterocycles. The van der Waals surface area contributed by atoms with Crippen molar-refractivity contribution >= 4 is 43.5 Å². The fraction of sp³-hybridized carbons (Fsp3) is 0.0588. The van der Waals surface area contributed by atoms with Crippen molar-refractivity contribution in [1.29, 1.82) is 0 Å². The molecule has 10 aromatic rings. The van der Waals surface area contributed by atoms with Crippen LogP contribution in [0, 0.1) is 13.8 Å². The topological polar surface area (TPSA) is 30.7 Å². The molecule has 0 radical (unpaired) electrons. The zero-order chi connectivity index (χ0) is 35.7. The third kappa shape index (κ3) is 3.66. The quantitative estimate of drug-likeness (QED) is 0.181. The van der Waals surface area contributed by atoms with Crippen molar-refractivity contribution in [3.63, 3.8) is 0 Å². The Morgan fingerprint density at radius 2 is 1.09 bits per heavy atom. The van der Waals surface area contributed by atoms with E-state index >= 15 is 0 Å². The van der Waals surface area contributed by atoms with Crippen LogP contribution in [0.3, 0.4) is 0 Å². The Labute approximate surface area is 312 Å². The lowest BCUT2D eigenvalue weighted by Crippen LogP contribution is -2.27. The molecule has 0 bridgehead atoms. The summed E-state index contributed by atoms with van der Waals surface area (Å²) in [6.07, 6.45) is 0. The molecular weight excluding hydrogens is 655 g/mol. The molecule has 0 fully saturated rings. The van der Waals surface area contributed by atoms with Crippen molar-refractivity contribution in [2.75, 3.05) is 0 Å². The molecule has 2 heterocycles. The summed E-state index contributed by atoms with van der Waals surface area (Å²) in [5.74, 6) is 0.675. The van der Waals surface area contributed by atoms with E-state index in [0.717, 1.165) is 33.2 Å². The van der Waals surface area contributed by atoms with Gasteiger partial charge in [-0.3, -0.25) is 4.57 Å². The molecule has 1 spiro atoms. The summed E-state index contributed by atoms with van der Waals surface area (Å²) in [5, 5.41) is 5.98. The van der Waals surface area contributed by atoms with E-state index in [-0.39, 0.29) is 0 Å². The summed E-state index contributed by atoms with van der Waals surface area (Å²) in [7, 11) is 0. The van der Waals surface area contributed by atoms with Crippen molar-refractivity contribution in [2.24, 2.45) is 0 Å². The first kappa shape index (κ1) is 29.7. The molecule has 2 aromatic heterocycles. The van der Waals surface area contributed by atoms with Crippen LogP contribution in [0.5, 0.6) is 0 Å². The van der Waals surface area contributed by atoms with Gasteiger partial charge in [0, 0.05) is 27.3 Å². The molecule has 12 rings (SSSR count). The molecule has 3 heteroatoms. The Morgan fingerprint density at radius 3 is 1.85 bits per heavy atom. The van der Waals surface area contributed by atoms with Crippen LogP contribution in [0.2, 0.25) is 0 Å². The molecular formula is C51H33N3. The molecule has 0 saturated carbocycles. The van der Waals surface area contributed by atoms with E-state index in [1.54, 1.807) is 0 Å². The van der Waals surface area contributed by atoms with Crippen LogP contribution in [-0.4, -0.2) is 14.5 Å². The molecule has 0 atom stereocenters. The van der Waals surface area contributed by atoms with E-state index in [9.17, 15) is 0 Å². The van der Waals surface area contributed by atoms with E-state index < -0.39 is 5.41 Å². The van der Waals surface area contributed by atoms with Crippen LogP contribution < -0.4 is 0 Å². The standard InChI is InChI=1S/C51H33N3/c1-30-24-26-33-34-27-25-31(2)29-42(34)51(41(33)28-30)40-21-11-8-18-37(40)45-35-16-6-7-17-36(35)46-39-20-10-13-23-44(39)54(49(46)47(45)51)50-52-43-22-12-9-19-38(43)48(53-50)32-14-4-3-5-15-32/h3-29H,1-2H3. The number of aryl methyl sites for hydroxylation is 2. The maximum atomic E-state index is 5.55. The maximum Gasteiger partial charge on any atom is 0.235 e. The average Bonchev–Trinajstić information content (AvgIpc) is 3.82. The monoisotopic (exact) mass is 687 g/mol. The first-order valence-electron chi connectivity index (χ1n) is 18.8. The third-order valence-electron chi connectivity index (χ3n) is 12.1. The van der Waals surface area contributed by atoms with Gasteiger partial charge in [-0.1, -0.05) is 163 Å². The zero-order valence-corrected chi connectivity index (χ0v) is 29.9. The van der Waals surface area contributed by atoms with Crippen LogP contribution in [0.15, 0.2) is 164 Å². The molecule has 2 aliphatic rings. The fourth-order valence-electron chi connectivity index (χ4n) is 10.0. The second-order valence-electron chi connectivity index (χ2n) is 15.0. The van der Waals surface area contributed by atoms with Gasteiger partial charge in [0.25, 0.3) is 0 Å². The van der Waals surface area contributed by atoms with Gasteiger partial charge in [0.2, 0.25) is 5.95 Å². The Kier molecular flexibility index (Phi) is 5.84. The number of aromatic nitrogens is 3. The van der Waals surface area contributed by atoms with Crippen LogP contribution in [0.4, 0.5) is 0 Å². The Balaban J connectivity index is 1.36. The van der Waals surface area contributed by atoms with Crippen LogP contribution in [0.1, 0.15) is 33.4 Å². The summed E-state index contributed by atoms with van der Waals surface area (Å²) in [5.41, 5.74) is 17.6. The van der Waals surface area contributed by atoms with Crippen LogP contribution >= 0.6 is 0 Å². The fourth-order valence-corrected chi connectivity index (χ4v) is 10.0. The molecule has 0 amide bonds. The van der Waals surface area contributed by atoms with E-state index in [1.807, 2.05) is 0 Å². The lowest BCUT2D eigenvalue weighted by Gasteiger charge is -2.32. The number of hydrogen-bond donors (Lipinski definition) is 0. The smallest absolute Gasteiger partial charge is 0.235 e. The van der Waals surface area contributed by atoms with Gasteiger partial charge in [-0.05, 0) is 75.7 Å². The number of fused-ring (bicyclic) bond motifs is 18.